The van der Waals surface area contributed by atoms with E-state index < -0.39 is 0 Å². The molecular formula is C11H14N2S. The number of rotatable bonds is 4. The Labute approximate surface area is 89.0 Å². The van der Waals surface area contributed by atoms with Crippen molar-refractivity contribution in [1.82, 2.24) is 4.72 Å². The van der Waals surface area contributed by atoms with Gasteiger partial charge in [0.15, 0.2) is 0 Å². The number of hydrogen-bond acceptors (Lipinski definition) is 3. The summed E-state index contributed by atoms with van der Waals surface area (Å²) in [5, 5.41) is 0. The summed E-state index contributed by atoms with van der Waals surface area (Å²) in [6.45, 7) is 7.51. The lowest BCUT2D eigenvalue weighted by molar-refractivity contribution is 1.27. The molecule has 3 N–H and O–H groups in total. The SMILES string of the molecule is C=Cc1c(SNC)cccc1C(=C)N. The first-order valence-electron chi connectivity index (χ1n) is 4.24. The highest BCUT2D eigenvalue weighted by molar-refractivity contribution is 7.97. The van der Waals surface area contributed by atoms with Gasteiger partial charge in [-0.15, -0.1) is 0 Å². The first-order chi connectivity index (χ1) is 6.70. The van der Waals surface area contributed by atoms with E-state index in [0.29, 0.717) is 5.70 Å². The van der Waals surface area contributed by atoms with Gasteiger partial charge < -0.3 is 5.73 Å². The maximum atomic E-state index is 5.68. The second kappa shape index (κ2) is 4.88. The summed E-state index contributed by atoms with van der Waals surface area (Å²) in [7, 11) is 1.88. The van der Waals surface area contributed by atoms with E-state index in [1.165, 1.54) is 0 Å². The molecule has 1 aromatic rings. The van der Waals surface area contributed by atoms with Crippen molar-refractivity contribution in [2.75, 3.05) is 7.05 Å². The van der Waals surface area contributed by atoms with E-state index in [-0.39, 0.29) is 0 Å². The third kappa shape index (κ3) is 2.19. The predicted molar refractivity (Wildman–Crippen MR) is 64.7 cm³/mol. The molecule has 0 spiro atoms. The standard InChI is InChI=1S/C11H14N2S/c1-4-9-10(8(2)12)6-5-7-11(9)14-13-3/h4-7,13H,1-2,12H2,3H3. The first-order valence-corrected chi connectivity index (χ1v) is 5.06. The highest BCUT2D eigenvalue weighted by Crippen LogP contribution is 2.26. The van der Waals surface area contributed by atoms with Crippen molar-refractivity contribution < 1.29 is 0 Å². The molecular weight excluding hydrogens is 192 g/mol. The van der Waals surface area contributed by atoms with Crippen LogP contribution >= 0.6 is 11.9 Å². The summed E-state index contributed by atoms with van der Waals surface area (Å²) in [5.74, 6) is 0. The van der Waals surface area contributed by atoms with Crippen LogP contribution < -0.4 is 10.5 Å². The van der Waals surface area contributed by atoms with Gasteiger partial charge in [-0.2, -0.15) is 0 Å². The lowest BCUT2D eigenvalue weighted by Crippen LogP contribution is -1.99. The summed E-state index contributed by atoms with van der Waals surface area (Å²) >= 11 is 1.54. The van der Waals surface area contributed by atoms with E-state index >= 15 is 0 Å². The van der Waals surface area contributed by atoms with Crippen LogP contribution in [0.25, 0.3) is 11.8 Å². The Bertz CT molecular complexity index is 358. The van der Waals surface area contributed by atoms with Crippen LogP contribution in [-0.4, -0.2) is 7.05 Å². The van der Waals surface area contributed by atoms with Gasteiger partial charge in [0, 0.05) is 16.2 Å². The Balaban J connectivity index is 3.24. The molecule has 0 atom stereocenters. The Kier molecular flexibility index (Phi) is 3.80. The average Bonchev–Trinajstić information content (AvgIpc) is 2.18. The molecule has 0 saturated carbocycles. The van der Waals surface area contributed by atoms with Crippen LogP contribution in [0.1, 0.15) is 11.1 Å². The third-order valence-corrected chi connectivity index (χ3v) is 2.61. The zero-order valence-corrected chi connectivity index (χ0v) is 9.03. The van der Waals surface area contributed by atoms with Gasteiger partial charge in [-0.05, 0) is 30.6 Å². The van der Waals surface area contributed by atoms with Gasteiger partial charge in [0.2, 0.25) is 0 Å². The van der Waals surface area contributed by atoms with Crippen LogP contribution in [0.4, 0.5) is 0 Å². The largest absolute Gasteiger partial charge is 0.399 e. The molecule has 0 saturated heterocycles. The second-order valence-corrected chi connectivity index (χ2v) is 3.81. The predicted octanol–water partition coefficient (Wildman–Crippen LogP) is 2.49. The topological polar surface area (TPSA) is 38.0 Å². The lowest BCUT2D eigenvalue weighted by atomic mass is 10.1. The van der Waals surface area contributed by atoms with Crippen LogP contribution in [-0.2, 0) is 0 Å². The van der Waals surface area contributed by atoms with E-state index in [1.807, 2.05) is 25.2 Å². The second-order valence-electron chi connectivity index (χ2n) is 2.75. The van der Waals surface area contributed by atoms with Crippen molar-refractivity contribution in [2.24, 2.45) is 5.73 Å². The quantitative estimate of drug-likeness (QED) is 0.743. The molecule has 74 valence electrons. The maximum Gasteiger partial charge on any atom is 0.0321 e. The fourth-order valence-corrected chi connectivity index (χ4v) is 1.90. The molecule has 2 nitrogen and oxygen atoms in total. The average molecular weight is 206 g/mol. The Hall–Kier alpha value is -1.19. The molecule has 0 bridgehead atoms. The lowest BCUT2D eigenvalue weighted by Gasteiger charge is -2.10. The third-order valence-electron chi connectivity index (χ3n) is 1.83. The molecule has 3 heteroatoms. The van der Waals surface area contributed by atoms with Gasteiger partial charge >= 0.3 is 0 Å². The Morgan fingerprint density at radius 2 is 2.29 bits per heavy atom. The van der Waals surface area contributed by atoms with Crippen LogP contribution in [0.3, 0.4) is 0 Å². The normalized spacial score (nSPS) is 9.79. The fourth-order valence-electron chi connectivity index (χ4n) is 1.23. The number of nitrogens with one attached hydrogen (secondary N) is 1. The van der Waals surface area contributed by atoms with Crippen LogP contribution in [0.5, 0.6) is 0 Å². The monoisotopic (exact) mass is 206 g/mol. The van der Waals surface area contributed by atoms with Crippen molar-refractivity contribution in [3.8, 4) is 0 Å². The fraction of sp³-hybridized carbons (Fsp3) is 0.0909. The smallest absolute Gasteiger partial charge is 0.0321 e. The van der Waals surface area contributed by atoms with Crippen molar-refractivity contribution >= 4 is 23.7 Å². The minimum atomic E-state index is 0.568. The molecule has 1 rings (SSSR count). The molecule has 14 heavy (non-hydrogen) atoms. The molecule has 0 amide bonds. The molecule has 0 fully saturated rings. The van der Waals surface area contributed by atoms with E-state index in [4.69, 9.17) is 5.73 Å². The zero-order valence-electron chi connectivity index (χ0n) is 8.21. The van der Waals surface area contributed by atoms with E-state index in [0.717, 1.165) is 16.0 Å². The zero-order chi connectivity index (χ0) is 10.6. The number of hydrogen-bond donors (Lipinski definition) is 2. The molecule has 0 aliphatic rings. The Morgan fingerprint density at radius 1 is 1.57 bits per heavy atom. The van der Waals surface area contributed by atoms with Gasteiger partial charge in [-0.1, -0.05) is 31.4 Å². The van der Waals surface area contributed by atoms with Gasteiger partial charge in [-0.25, -0.2) is 0 Å². The van der Waals surface area contributed by atoms with Crippen LogP contribution in [0, 0.1) is 0 Å². The molecule has 1 aromatic carbocycles. The summed E-state index contributed by atoms with van der Waals surface area (Å²) in [5.41, 5.74) is 8.22. The van der Waals surface area contributed by atoms with E-state index in [9.17, 15) is 0 Å². The summed E-state index contributed by atoms with van der Waals surface area (Å²) in [4.78, 5) is 1.10. The highest BCUT2D eigenvalue weighted by Gasteiger charge is 2.05. The van der Waals surface area contributed by atoms with Crippen molar-refractivity contribution in [2.45, 2.75) is 4.90 Å². The molecule has 0 unspecified atom stereocenters. The van der Waals surface area contributed by atoms with Crippen LogP contribution in [0.15, 0.2) is 36.3 Å². The molecule has 0 radical (unpaired) electrons. The van der Waals surface area contributed by atoms with Crippen molar-refractivity contribution in [3.05, 3.63) is 42.5 Å². The summed E-state index contributed by atoms with van der Waals surface area (Å²) in [6, 6.07) is 5.92. The maximum absolute atomic E-state index is 5.68. The minimum absolute atomic E-state index is 0.568. The highest BCUT2D eigenvalue weighted by atomic mass is 32.2. The number of nitrogens with two attached hydrogens (primary N) is 1. The molecule has 0 aliphatic heterocycles. The van der Waals surface area contributed by atoms with Gasteiger partial charge in [0.1, 0.15) is 0 Å². The molecule has 0 heterocycles. The minimum Gasteiger partial charge on any atom is -0.399 e. The number of benzene rings is 1. The van der Waals surface area contributed by atoms with Crippen molar-refractivity contribution in [3.63, 3.8) is 0 Å². The van der Waals surface area contributed by atoms with E-state index in [1.54, 1.807) is 18.0 Å². The summed E-state index contributed by atoms with van der Waals surface area (Å²) in [6.07, 6.45) is 1.80. The van der Waals surface area contributed by atoms with Gasteiger partial charge in [-0.3, -0.25) is 4.72 Å². The molecule has 0 aliphatic carbocycles. The van der Waals surface area contributed by atoms with Crippen LogP contribution in [0.2, 0.25) is 0 Å². The molecule has 0 aromatic heterocycles. The Morgan fingerprint density at radius 3 is 2.79 bits per heavy atom. The van der Waals surface area contributed by atoms with Gasteiger partial charge in [0.05, 0.1) is 0 Å². The van der Waals surface area contributed by atoms with Gasteiger partial charge in [0.25, 0.3) is 0 Å². The van der Waals surface area contributed by atoms with E-state index in [2.05, 4.69) is 17.9 Å². The first kappa shape index (κ1) is 10.9. The van der Waals surface area contributed by atoms with Crippen molar-refractivity contribution in [1.29, 1.82) is 0 Å². The summed E-state index contributed by atoms with van der Waals surface area (Å²) < 4.78 is 3.02.